The lowest BCUT2D eigenvalue weighted by molar-refractivity contribution is -0.142. The summed E-state index contributed by atoms with van der Waals surface area (Å²) in [6.07, 6.45) is 1.13. The molecule has 0 saturated heterocycles. The number of ether oxygens (including phenoxy) is 1. The lowest BCUT2D eigenvalue weighted by atomic mass is 10.0. The molecule has 1 amide bonds. The van der Waals surface area contributed by atoms with Gasteiger partial charge in [-0.3, -0.25) is 9.59 Å². The summed E-state index contributed by atoms with van der Waals surface area (Å²) in [5, 5.41) is 2.79. The second kappa shape index (κ2) is 10.4. The molecular weight excluding hydrogens is 294 g/mol. The number of rotatable bonds is 7. The van der Waals surface area contributed by atoms with E-state index in [4.69, 9.17) is 16.2 Å². The van der Waals surface area contributed by atoms with Gasteiger partial charge in [0.15, 0.2) is 0 Å². The monoisotopic (exact) mass is 317 g/mol. The molecular formula is C17H23N3O3. The fourth-order valence-corrected chi connectivity index (χ4v) is 1.92. The molecule has 6 heteroatoms. The fraction of sp³-hybridized carbons (Fsp3) is 0.412. The number of carbonyl (C=O) groups is 2. The van der Waals surface area contributed by atoms with Crippen LogP contribution in [0.2, 0.25) is 0 Å². The van der Waals surface area contributed by atoms with Gasteiger partial charge in [-0.15, -0.1) is 0 Å². The molecule has 0 heterocycles. The lowest BCUT2D eigenvalue weighted by Gasteiger charge is -2.09. The second-order valence-electron chi connectivity index (χ2n) is 4.80. The molecule has 0 unspecified atom stereocenters. The predicted octanol–water partition coefficient (Wildman–Crippen LogP) is 0.780. The molecule has 0 aliphatic heterocycles. The zero-order valence-electron chi connectivity index (χ0n) is 13.4. The van der Waals surface area contributed by atoms with Gasteiger partial charge in [-0.25, -0.2) is 0 Å². The van der Waals surface area contributed by atoms with Crippen molar-refractivity contribution in [1.29, 1.82) is 0 Å². The van der Waals surface area contributed by atoms with Crippen molar-refractivity contribution in [3.63, 3.8) is 0 Å². The van der Waals surface area contributed by atoms with E-state index in [2.05, 4.69) is 17.2 Å². The van der Waals surface area contributed by atoms with Crippen molar-refractivity contribution < 1.29 is 14.3 Å². The Hall–Kier alpha value is -2.36. The Morgan fingerprint density at radius 2 is 2.09 bits per heavy atom. The first-order valence-electron chi connectivity index (χ1n) is 7.58. The van der Waals surface area contributed by atoms with Crippen LogP contribution >= 0.6 is 0 Å². The van der Waals surface area contributed by atoms with Crippen LogP contribution in [0.3, 0.4) is 0 Å². The third-order valence-electron chi connectivity index (χ3n) is 2.97. The molecule has 0 saturated carbocycles. The molecule has 0 radical (unpaired) electrons. The predicted molar refractivity (Wildman–Crippen MR) is 89.6 cm³/mol. The zero-order chi connectivity index (χ0) is 17.1. The maximum absolute atomic E-state index is 11.7. The molecule has 0 atom stereocenters. The molecule has 1 aromatic carbocycles. The minimum Gasteiger partial charge on any atom is -0.466 e. The first kappa shape index (κ1) is 18.7. The molecule has 0 aliphatic carbocycles. The first-order chi connectivity index (χ1) is 11.1. The minimum atomic E-state index is -0.317. The summed E-state index contributed by atoms with van der Waals surface area (Å²) in [4.78, 5) is 23.4. The number of esters is 1. The Kier molecular flexibility index (Phi) is 8.43. The molecule has 5 N–H and O–H groups in total. The smallest absolute Gasteiger partial charge is 0.310 e. The topological polar surface area (TPSA) is 107 Å². The molecule has 0 aliphatic rings. The number of carbonyl (C=O) groups excluding carboxylic acids is 2. The summed E-state index contributed by atoms with van der Waals surface area (Å²) < 4.78 is 4.95. The molecule has 0 bridgehead atoms. The zero-order valence-corrected chi connectivity index (χ0v) is 13.4. The van der Waals surface area contributed by atoms with Crippen LogP contribution in [0.25, 0.3) is 0 Å². The number of amides is 1. The highest BCUT2D eigenvalue weighted by molar-refractivity contribution is 5.91. The highest BCUT2D eigenvalue weighted by atomic mass is 16.5. The maximum Gasteiger partial charge on any atom is 0.310 e. The molecule has 124 valence electrons. The number of benzene rings is 1. The van der Waals surface area contributed by atoms with E-state index in [1.54, 1.807) is 25.1 Å². The van der Waals surface area contributed by atoms with Gasteiger partial charge < -0.3 is 21.5 Å². The highest BCUT2D eigenvalue weighted by Gasteiger charge is 2.10. The summed E-state index contributed by atoms with van der Waals surface area (Å²) in [6, 6.07) is 5.23. The Morgan fingerprint density at radius 3 is 2.74 bits per heavy atom. The third kappa shape index (κ3) is 6.96. The van der Waals surface area contributed by atoms with Gasteiger partial charge in [0, 0.05) is 17.7 Å². The third-order valence-corrected chi connectivity index (χ3v) is 2.97. The average molecular weight is 317 g/mol. The quantitative estimate of drug-likeness (QED) is 0.509. The van der Waals surface area contributed by atoms with Crippen LogP contribution in [0.15, 0.2) is 18.2 Å². The van der Waals surface area contributed by atoms with E-state index in [0.29, 0.717) is 37.2 Å². The molecule has 1 rings (SSSR count). The average Bonchev–Trinajstić information content (AvgIpc) is 2.53. The number of hydrogen-bond donors (Lipinski definition) is 3. The van der Waals surface area contributed by atoms with Crippen molar-refractivity contribution in [2.75, 3.05) is 25.0 Å². The summed E-state index contributed by atoms with van der Waals surface area (Å²) in [7, 11) is 0. The van der Waals surface area contributed by atoms with Crippen molar-refractivity contribution in [1.82, 2.24) is 0 Å². The number of hydrogen-bond acceptors (Lipinski definition) is 5. The van der Waals surface area contributed by atoms with Crippen molar-refractivity contribution >= 4 is 17.6 Å². The van der Waals surface area contributed by atoms with Gasteiger partial charge in [0.1, 0.15) is 0 Å². The van der Waals surface area contributed by atoms with E-state index in [-0.39, 0.29) is 24.8 Å². The lowest BCUT2D eigenvalue weighted by Crippen LogP contribution is -2.14. The number of anilines is 1. The maximum atomic E-state index is 11.7. The van der Waals surface area contributed by atoms with Gasteiger partial charge in [0.2, 0.25) is 5.91 Å². The number of nitrogens with one attached hydrogen (secondary N) is 1. The van der Waals surface area contributed by atoms with E-state index < -0.39 is 0 Å². The number of nitrogens with two attached hydrogens (primary N) is 2. The molecule has 0 fully saturated rings. The summed E-state index contributed by atoms with van der Waals surface area (Å²) in [6.45, 7) is 2.77. The van der Waals surface area contributed by atoms with Gasteiger partial charge in [0.05, 0.1) is 19.6 Å². The SMILES string of the molecule is CCOC(=O)Cc1ccc(NC(=O)CCCN)cc1C#CCN. The van der Waals surface area contributed by atoms with E-state index in [1.807, 2.05) is 0 Å². The van der Waals surface area contributed by atoms with E-state index in [9.17, 15) is 9.59 Å². The normalized spacial score (nSPS) is 9.70. The first-order valence-corrected chi connectivity index (χ1v) is 7.58. The van der Waals surface area contributed by atoms with Crippen LogP contribution in [0, 0.1) is 11.8 Å². The molecule has 0 aromatic heterocycles. The molecule has 6 nitrogen and oxygen atoms in total. The van der Waals surface area contributed by atoms with Crippen LogP contribution in [-0.4, -0.2) is 31.6 Å². The summed E-state index contributed by atoms with van der Waals surface area (Å²) >= 11 is 0. The van der Waals surface area contributed by atoms with Crippen molar-refractivity contribution in [3.8, 4) is 11.8 Å². The Morgan fingerprint density at radius 1 is 1.30 bits per heavy atom. The Labute approximate surface area is 136 Å². The van der Waals surface area contributed by atoms with Crippen LogP contribution in [-0.2, 0) is 20.7 Å². The van der Waals surface area contributed by atoms with Gasteiger partial charge in [-0.2, -0.15) is 0 Å². The van der Waals surface area contributed by atoms with Gasteiger partial charge in [-0.1, -0.05) is 17.9 Å². The van der Waals surface area contributed by atoms with Crippen LogP contribution in [0.4, 0.5) is 5.69 Å². The Bertz CT molecular complexity index is 603. The van der Waals surface area contributed by atoms with Gasteiger partial charge in [0.25, 0.3) is 0 Å². The van der Waals surface area contributed by atoms with Crippen molar-refractivity contribution in [2.45, 2.75) is 26.2 Å². The van der Waals surface area contributed by atoms with Crippen molar-refractivity contribution in [3.05, 3.63) is 29.3 Å². The summed E-state index contributed by atoms with van der Waals surface area (Å²) in [5.41, 5.74) is 12.8. The fourth-order valence-electron chi connectivity index (χ4n) is 1.92. The van der Waals surface area contributed by atoms with Gasteiger partial charge in [-0.05, 0) is 37.6 Å². The second-order valence-corrected chi connectivity index (χ2v) is 4.80. The van der Waals surface area contributed by atoms with Crippen molar-refractivity contribution in [2.24, 2.45) is 11.5 Å². The highest BCUT2D eigenvalue weighted by Crippen LogP contribution is 2.17. The van der Waals surface area contributed by atoms with Gasteiger partial charge >= 0.3 is 5.97 Å². The van der Waals surface area contributed by atoms with E-state index in [0.717, 1.165) is 5.56 Å². The largest absolute Gasteiger partial charge is 0.466 e. The molecule has 23 heavy (non-hydrogen) atoms. The summed E-state index contributed by atoms with van der Waals surface area (Å²) in [5.74, 6) is 5.26. The molecule has 0 spiro atoms. The Balaban J connectivity index is 2.92. The molecule has 1 aromatic rings. The van der Waals surface area contributed by atoms with Crippen LogP contribution in [0.1, 0.15) is 30.9 Å². The minimum absolute atomic E-state index is 0.105. The van der Waals surface area contributed by atoms with Crippen LogP contribution in [0.5, 0.6) is 0 Å². The van der Waals surface area contributed by atoms with E-state index in [1.165, 1.54) is 0 Å². The van der Waals surface area contributed by atoms with E-state index >= 15 is 0 Å². The standard InChI is InChI=1S/C17H23N3O3/c1-2-23-17(22)12-14-7-8-15(11-13(14)5-3-9-18)20-16(21)6-4-10-19/h7-8,11H,2,4,6,9-10,12,18-19H2,1H3,(H,20,21). The van der Waals surface area contributed by atoms with Crippen LogP contribution < -0.4 is 16.8 Å².